The average molecular weight is 447 g/mol. The Morgan fingerprint density at radius 3 is 1.97 bits per heavy atom. The summed E-state index contributed by atoms with van der Waals surface area (Å²) in [7, 11) is 1.94. The van der Waals surface area contributed by atoms with Crippen LogP contribution in [0.25, 0.3) is 22.0 Å². The average Bonchev–Trinajstić information content (AvgIpc) is 2.71. The first-order chi connectivity index (χ1) is 16.0. The molecule has 1 heterocycles. The van der Waals surface area contributed by atoms with Gasteiger partial charge in [-0.15, -0.1) is 0 Å². The summed E-state index contributed by atoms with van der Waals surface area (Å²) in [5.41, 5.74) is 7.37. The van der Waals surface area contributed by atoms with Crippen LogP contribution in [0.4, 0.5) is 0 Å². The predicted molar refractivity (Wildman–Crippen MR) is 145 cm³/mol. The van der Waals surface area contributed by atoms with E-state index in [2.05, 4.69) is 106 Å². The van der Waals surface area contributed by atoms with Crippen molar-refractivity contribution in [2.24, 2.45) is 18.9 Å². The third-order valence-corrected chi connectivity index (χ3v) is 7.15. The van der Waals surface area contributed by atoms with Crippen LogP contribution in [0.2, 0.25) is 0 Å². The van der Waals surface area contributed by atoms with Crippen LogP contribution in [0, 0.1) is 18.8 Å². The third kappa shape index (κ3) is 5.03. The van der Waals surface area contributed by atoms with Gasteiger partial charge in [-0.25, -0.2) is 4.57 Å². The molecule has 0 atom stereocenters. The number of fused-ring (bicyclic) bond motifs is 1. The first-order valence-corrected chi connectivity index (χ1v) is 12.6. The van der Waals surface area contributed by atoms with Crippen molar-refractivity contribution in [1.82, 2.24) is 0 Å². The highest BCUT2D eigenvalue weighted by atomic mass is 14.9. The molecule has 0 bridgehead atoms. The summed E-state index contributed by atoms with van der Waals surface area (Å²) in [4.78, 5) is 0. The number of benzene rings is 2. The number of pyridine rings is 1. The third-order valence-electron chi connectivity index (χ3n) is 7.15. The van der Waals surface area contributed by atoms with Gasteiger partial charge in [-0.05, 0) is 75.3 Å². The van der Waals surface area contributed by atoms with Crippen molar-refractivity contribution < 1.29 is 7.31 Å². The molecule has 178 valence electrons. The van der Waals surface area contributed by atoms with E-state index in [0.717, 1.165) is 16.5 Å². The van der Waals surface area contributed by atoms with Gasteiger partial charge in [0.05, 0.1) is 12.3 Å². The summed E-state index contributed by atoms with van der Waals surface area (Å²) in [6.07, 6.45) is 0.258. The van der Waals surface area contributed by atoms with Crippen molar-refractivity contribution >= 4 is 10.8 Å². The standard InChI is InChI=1S/C32H46N/c1-20(2)29(21(3)4)24-13-14-26-23(17-24)15-16-33(12)30(26)27-18-25(31(6,7)8)19-28(22(27)5)32(9,10)11/h13-21,29H,1-12H3/q+1/i15D,16D. The summed E-state index contributed by atoms with van der Waals surface area (Å²) < 4.78 is 19.6. The fourth-order valence-corrected chi connectivity index (χ4v) is 5.50. The van der Waals surface area contributed by atoms with Gasteiger partial charge in [0.1, 0.15) is 8.42 Å². The van der Waals surface area contributed by atoms with Crippen molar-refractivity contribution in [2.45, 2.75) is 92.9 Å². The lowest BCUT2D eigenvalue weighted by Crippen LogP contribution is -2.31. The van der Waals surface area contributed by atoms with Crippen LogP contribution in [0.5, 0.6) is 0 Å². The molecule has 0 spiro atoms. The molecule has 3 rings (SSSR count). The van der Waals surface area contributed by atoms with Crippen LogP contribution in [-0.2, 0) is 17.9 Å². The highest BCUT2D eigenvalue weighted by Gasteiger charge is 2.28. The molecule has 0 aliphatic heterocycles. The molecule has 0 saturated carbocycles. The van der Waals surface area contributed by atoms with Crippen molar-refractivity contribution in [3.8, 4) is 11.3 Å². The summed E-state index contributed by atoms with van der Waals surface area (Å²) in [5.74, 6) is 1.44. The highest BCUT2D eigenvalue weighted by molar-refractivity contribution is 5.94. The normalized spacial score (nSPS) is 13.9. The predicted octanol–water partition coefficient (Wildman–Crippen LogP) is 8.63. The van der Waals surface area contributed by atoms with Gasteiger partial charge >= 0.3 is 0 Å². The van der Waals surface area contributed by atoms with Gasteiger partial charge in [0.2, 0.25) is 5.69 Å². The molecule has 0 aliphatic rings. The molecule has 3 aromatic rings. The summed E-state index contributed by atoms with van der Waals surface area (Å²) >= 11 is 0. The molecular weight excluding hydrogens is 398 g/mol. The quantitative estimate of drug-likeness (QED) is 0.353. The van der Waals surface area contributed by atoms with Gasteiger partial charge < -0.3 is 0 Å². The summed E-state index contributed by atoms with van der Waals surface area (Å²) in [6, 6.07) is 11.6. The lowest BCUT2D eigenvalue weighted by molar-refractivity contribution is -0.659. The van der Waals surface area contributed by atoms with Crippen molar-refractivity contribution in [1.29, 1.82) is 0 Å². The molecule has 0 N–H and O–H groups in total. The molecule has 33 heavy (non-hydrogen) atoms. The maximum absolute atomic E-state index is 8.87. The molecule has 0 amide bonds. The number of aromatic nitrogens is 1. The fraction of sp³-hybridized carbons (Fsp3) is 0.531. The van der Waals surface area contributed by atoms with E-state index in [0.29, 0.717) is 23.8 Å². The van der Waals surface area contributed by atoms with Gasteiger partial charge in [-0.1, -0.05) is 87.4 Å². The maximum atomic E-state index is 8.87. The molecule has 1 nitrogen and oxygen atoms in total. The van der Waals surface area contributed by atoms with Crippen molar-refractivity contribution in [2.75, 3.05) is 0 Å². The van der Waals surface area contributed by atoms with Crippen LogP contribution in [0.1, 0.15) is 100 Å². The largest absolute Gasteiger partial charge is 0.220 e. The van der Waals surface area contributed by atoms with E-state index in [1.165, 1.54) is 27.8 Å². The Morgan fingerprint density at radius 2 is 1.45 bits per heavy atom. The number of hydrogen-bond donors (Lipinski definition) is 0. The van der Waals surface area contributed by atoms with Crippen molar-refractivity contribution in [3.05, 3.63) is 64.8 Å². The highest BCUT2D eigenvalue weighted by Crippen LogP contribution is 2.39. The molecular formula is C32H46N+. The summed E-state index contributed by atoms with van der Waals surface area (Å²) in [5, 5.41) is 1.93. The second-order valence-electron chi connectivity index (χ2n) is 12.7. The zero-order chi connectivity index (χ0) is 26.6. The van der Waals surface area contributed by atoms with E-state index in [1.54, 1.807) is 0 Å². The Bertz CT molecular complexity index is 1250. The van der Waals surface area contributed by atoms with Crippen LogP contribution < -0.4 is 4.57 Å². The van der Waals surface area contributed by atoms with E-state index in [9.17, 15) is 0 Å². The van der Waals surface area contributed by atoms with Crippen LogP contribution >= 0.6 is 0 Å². The molecule has 0 saturated heterocycles. The monoisotopic (exact) mass is 446 g/mol. The molecule has 0 fully saturated rings. The first kappa shape index (κ1) is 22.6. The first-order valence-electron chi connectivity index (χ1n) is 13.6. The second kappa shape index (κ2) is 8.90. The van der Waals surface area contributed by atoms with Gasteiger partial charge in [0.25, 0.3) is 0 Å². The molecule has 0 radical (unpaired) electrons. The van der Waals surface area contributed by atoms with E-state index in [1.807, 2.05) is 11.6 Å². The zero-order valence-electron chi connectivity index (χ0n) is 25.1. The Balaban J connectivity index is 2.47. The number of hydrogen-bond acceptors (Lipinski definition) is 0. The Morgan fingerprint density at radius 1 is 0.848 bits per heavy atom. The van der Waals surface area contributed by atoms with Gasteiger partial charge in [0.15, 0.2) is 6.17 Å². The van der Waals surface area contributed by atoms with E-state index in [-0.39, 0.29) is 17.0 Å². The minimum Gasteiger partial charge on any atom is -0.200 e. The van der Waals surface area contributed by atoms with Gasteiger partial charge in [-0.2, -0.15) is 0 Å². The lowest BCUT2D eigenvalue weighted by atomic mass is 9.76. The molecule has 0 aliphatic carbocycles. The Hall–Kier alpha value is -2.15. The van der Waals surface area contributed by atoms with Gasteiger partial charge in [-0.3, -0.25) is 0 Å². The second-order valence-corrected chi connectivity index (χ2v) is 12.7. The van der Waals surface area contributed by atoms with Gasteiger partial charge in [0, 0.05) is 6.04 Å². The molecule has 1 aromatic heterocycles. The lowest BCUT2D eigenvalue weighted by Gasteiger charge is -2.28. The van der Waals surface area contributed by atoms with Crippen LogP contribution in [-0.4, -0.2) is 0 Å². The minimum absolute atomic E-state index is 0.00253. The molecule has 1 heteroatoms. The van der Waals surface area contributed by atoms with E-state index >= 15 is 0 Å². The fourth-order valence-electron chi connectivity index (χ4n) is 5.50. The van der Waals surface area contributed by atoms with E-state index in [4.69, 9.17) is 2.74 Å². The topological polar surface area (TPSA) is 3.88 Å². The van der Waals surface area contributed by atoms with Crippen molar-refractivity contribution in [3.63, 3.8) is 0 Å². The zero-order valence-corrected chi connectivity index (χ0v) is 23.1. The summed E-state index contributed by atoms with van der Waals surface area (Å²) in [6.45, 7) is 24.9. The molecule has 0 unspecified atom stereocenters. The number of rotatable bonds is 4. The maximum Gasteiger partial charge on any atom is 0.220 e. The Kier molecular flexibility index (Phi) is 6.10. The van der Waals surface area contributed by atoms with Crippen LogP contribution in [0.15, 0.2) is 42.5 Å². The van der Waals surface area contributed by atoms with E-state index < -0.39 is 0 Å². The smallest absolute Gasteiger partial charge is 0.200 e. The minimum atomic E-state index is 0.00253. The number of nitrogens with zero attached hydrogens (tertiary/aromatic N) is 1. The van der Waals surface area contributed by atoms with Crippen LogP contribution in [0.3, 0.4) is 0 Å². The Labute approximate surface area is 206 Å². The SMILES string of the molecule is [2H]c1c([2H])[n+](C)c(-c2cc(C(C)(C)C)cc(C(C)(C)C)c2C)c2ccc(C(C(C)C)C(C)C)cc12. The molecule has 2 aromatic carbocycles.